The highest BCUT2D eigenvalue weighted by molar-refractivity contribution is 9.11. The Morgan fingerprint density at radius 2 is 1.81 bits per heavy atom. The number of tetrazole rings is 1. The standard InChI is InChI=1S/C8H4Br3ClN4/c9-4-1-5(10)8(6(11)2-4)16-7(3-12)13-14-15-16/h1-2H,3H2. The summed E-state index contributed by atoms with van der Waals surface area (Å²) in [5.41, 5.74) is 0.823. The molecule has 0 aliphatic heterocycles. The minimum Gasteiger partial charge on any atom is -0.194 e. The lowest BCUT2D eigenvalue weighted by molar-refractivity contribution is 0.771. The fourth-order valence-electron chi connectivity index (χ4n) is 1.20. The number of benzene rings is 1. The number of nitrogens with zero attached hydrogens (tertiary/aromatic N) is 4. The zero-order chi connectivity index (χ0) is 11.7. The molecule has 0 radical (unpaired) electrons. The Labute approximate surface area is 122 Å². The van der Waals surface area contributed by atoms with Crippen LogP contribution >= 0.6 is 59.4 Å². The van der Waals surface area contributed by atoms with Gasteiger partial charge in [-0.25, -0.2) is 0 Å². The van der Waals surface area contributed by atoms with Crippen LogP contribution in [0.15, 0.2) is 25.6 Å². The summed E-state index contributed by atoms with van der Waals surface area (Å²) >= 11 is 16.1. The molecule has 0 unspecified atom stereocenters. The van der Waals surface area contributed by atoms with Gasteiger partial charge in [-0.2, -0.15) is 4.68 Å². The van der Waals surface area contributed by atoms with Gasteiger partial charge in [-0.3, -0.25) is 0 Å². The van der Waals surface area contributed by atoms with E-state index in [-0.39, 0.29) is 5.88 Å². The van der Waals surface area contributed by atoms with E-state index in [1.807, 2.05) is 12.1 Å². The molecule has 0 saturated heterocycles. The lowest BCUT2D eigenvalue weighted by Gasteiger charge is -2.08. The number of rotatable bonds is 2. The van der Waals surface area contributed by atoms with Crippen molar-refractivity contribution in [1.29, 1.82) is 0 Å². The highest BCUT2D eigenvalue weighted by atomic mass is 79.9. The monoisotopic (exact) mass is 428 g/mol. The molecule has 0 spiro atoms. The molecule has 0 saturated carbocycles. The molecule has 4 nitrogen and oxygen atoms in total. The van der Waals surface area contributed by atoms with E-state index in [1.54, 1.807) is 4.68 Å². The molecule has 8 heteroatoms. The van der Waals surface area contributed by atoms with E-state index >= 15 is 0 Å². The largest absolute Gasteiger partial charge is 0.194 e. The number of hydrogen-bond donors (Lipinski definition) is 0. The molecule has 0 amide bonds. The third-order valence-corrected chi connectivity index (χ3v) is 3.75. The zero-order valence-corrected chi connectivity index (χ0v) is 13.2. The third kappa shape index (κ3) is 2.32. The maximum Gasteiger partial charge on any atom is 0.171 e. The molecule has 2 aromatic rings. The van der Waals surface area contributed by atoms with Gasteiger partial charge in [0.2, 0.25) is 0 Å². The quantitative estimate of drug-likeness (QED) is 0.682. The van der Waals surface area contributed by atoms with Crippen molar-refractivity contribution in [3.63, 3.8) is 0 Å². The zero-order valence-electron chi connectivity index (χ0n) is 7.66. The van der Waals surface area contributed by atoms with Crippen LogP contribution in [-0.4, -0.2) is 20.2 Å². The molecule has 0 aliphatic rings. The Hall–Kier alpha value is 0.0200. The van der Waals surface area contributed by atoms with Gasteiger partial charge in [0.1, 0.15) is 0 Å². The summed E-state index contributed by atoms with van der Waals surface area (Å²) in [5, 5.41) is 11.3. The number of alkyl halides is 1. The molecular weight excluding hydrogens is 427 g/mol. The van der Waals surface area contributed by atoms with E-state index in [0.717, 1.165) is 19.1 Å². The maximum atomic E-state index is 5.76. The van der Waals surface area contributed by atoms with Crippen molar-refractivity contribution in [1.82, 2.24) is 20.2 Å². The molecule has 0 fully saturated rings. The van der Waals surface area contributed by atoms with E-state index in [4.69, 9.17) is 11.6 Å². The van der Waals surface area contributed by atoms with Gasteiger partial charge in [0.05, 0.1) is 11.6 Å². The molecule has 16 heavy (non-hydrogen) atoms. The predicted molar refractivity (Wildman–Crippen MR) is 71.8 cm³/mol. The van der Waals surface area contributed by atoms with Gasteiger partial charge in [-0.15, -0.1) is 16.7 Å². The summed E-state index contributed by atoms with van der Waals surface area (Å²) in [5.74, 6) is 0.840. The van der Waals surface area contributed by atoms with E-state index in [2.05, 4.69) is 63.3 Å². The Balaban J connectivity index is 2.64. The van der Waals surface area contributed by atoms with E-state index < -0.39 is 0 Å². The van der Waals surface area contributed by atoms with E-state index in [0.29, 0.717) is 5.82 Å². The van der Waals surface area contributed by atoms with Crippen molar-refractivity contribution >= 4 is 59.4 Å². The van der Waals surface area contributed by atoms with Crippen LogP contribution in [0, 0.1) is 0 Å². The first-order valence-corrected chi connectivity index (χ1v) is 7.03. The second kappa shape index (κ2) is 5.12. The van der Waals surface area contributed by atoms with Gasteiger partial charge in [0.25, 0.3) is 0 Å². The van der Waals surface area contributed by atoms with Crippen molar-refractivity contribution in [2.75, 3.05) is 0 Å². The predicted octanol–water partition coefficient (Wildman–Crippen LogP) is 3.69. The van der Waals surface area contributed by atoms with Crippen LogP contribution in [0.3, 0.4) is 0 Å². The summed E-state index contributed by atoms with van der Waals surface area (Å²) in [6.07, 6.45) is 0. The molecular formula is C8H4Br3ClN4. The maximum absolute atomic E-state index is 5.76. The van der Waals surface area contributed by atoms with Crippen LogP contribution in [0.25, 0.3) is 5.69 Å². The smallest absolute Gasteiger partial charge is 0.171 e. The van der Waals surface area contributed by atoms with Crippen LogP contribution in [-0.2, 0) is 5.88 Å². The van der Waals surface area contributed by atoms with Crippen LogP contribution in [0.5, 0.6) is 0 Å². The first kappa shape index (κ1) is 12.5. The van der Waals surface area contributed by atoms with Crippen LogP contribution in [0.1, 0.15) is 5.82 Å². The molecule has 1 heterocycles. The Morgan fingerprint density at radius 3 is 2.38 bits per heavy atom. The topological polar surface area (TPSA) is 43.6 Å². The van der Waals surface area contributed by atoms with E-state index in [9.17, 15) is 0 Å². The fourth-order valence-corrected chi connectivity index (χ4v) is 3.96. The second-order valence-corrected chi connectivity index (χ2v) is 5.75. The van der Waals surface area contributed by atoms with E-state index in [1.165, 1.54) is 0 Å². The third-order valence-electron chi connectivity index (χ3n) is 1.85. The van der Waals surface area contributed by atoms with Crippen molar-refractivity contribution in [3.05, 3.63) is 31.4 Å². The summed E-state index contributed by atoms with van der Waals surface area (Å²) < 4.78 is 4.28. The molecule has 0 atom stereocenters. The van der Waals surface area contributed by atoms with Gasteiger partial charge in [0.15, 0.2) is 5.82 Å². The van der Waals surface area contributed by atoms with Gasteiger partial charge in [-0.1, -0.05) is 15.9 Å². The van der Waals surface area contributed by atoms with Crippen LogP contribution < -0.4 is 0 Å². The average Bonchev–Trinajstić information content (AvgIpc) is 2.64. The number of aromatic nitrogens is 4. The molecule has 84 valence electrons. The summed E-state index contributed by atoms with van der Waals surface area (Å²) in [7, 11) is 0. The van der Waals surface area contributed by atoms with Gasteiger partial charge in [-0.05, 0) is 54.4 Å². The summed E-state index contributed by atoms with van der Waals surface area (Å²) in [4.78, 5) is 0. The Kier molecular flexibility index (Phi) is 3.99. The highest BCUT2D eigenvalue weighted by Crippen LogP contribution is 2.32. The lowest BCUT2D eigenvalue weighted by atomic mass is 10.3. The van der Waals surface area contributed by atoms with Crippen molar-refractivity contribution in [3.8, 4) is 5.69 Å². The highest BCUT2D eigenvalue weighted by Gasteiger charge is 2.14. The van der Waals surface area contributed by atoms with Crippen LogP contribution in [0.4, 0.5) is 0 Å². The summed E-state index contributed by atoms with van der Waals surface area (Å²) in [6.45, 7) is 0. The van der Waals surface area contributed by atoms with Crippen LogP contribution in [0.2, 0.25) is 0 Å². The normalized spacial score (nSPS) is 10.8. The first-order chi connectivity index (χ1) is 7.63. The van der Waals surface area contributed by atoms with Crippen molar-refractivity contribution < 1.29 is 0 Å². The first-order valence-electron chi connectivity index (χ1n) is 4.11. The average molecular weight is 431 g/mol. The fraction of sp³-hybridized carbons (Fsp3) is 0.125. The van der Waals surface area contributed by atoms with Crippen molar-refractivity contribution in [2.45, 2.75) is 5.88 Å². The lowest BCUT2D eigenvalue weighted by Crippen LogP contribution is -2.03. The SMILES string of the molecule is ClCc1nnnn1-c1c(Br)cc(Br)cc1Br. The number of halogens is 4. The molecule has 1 aromatic heterocycles. The molecule has 1 aromatic carbocycles. The minimum absolute atomic E-state index is 0.252. The van der Waals surface area contributed by atoms with Gasteiger partial charge in [0, 0.05) is 13.4 Å². The number of hydrogen-bond acceptors (Lipinski definition) is 3. The Bertz CT molecular complexity index is 505. The Morgan fingerprint density at radius 1 is 1.19 bits per heavy atom. The summed E-state index contributed by atoms with van der Waals surface area (Å²) in [6, 6.07) is 3.83. The van der Waals surface area contributed by atoms with Crippen molar-refractivity contribution in [2.24, 2.45) is 0 Å². The second-order valence-electron chi connectivity index (χ2n) is 2.86. The van der Waals surface area contributed by atoms with Gasteiger partial charge < -0.3 is 0 Å². The minimum atomic E-state index is 0.252. The molecule has 2 rings (SSSR count). The molecule has 0 bridgehead atoms. The molecule has 0 aliphatic carbocycles. The van der Waals surface area contributed by atoms with Gasteiger partial charge >= 0.3 is 0 Å². The molecule has 0 N–H and O–H groups in total.